The molecule has 124 valence electrons. The maximum Gasteiger partial charge on any atom is 0.328 e. The zero-order valence-electron chi connectivity index (χ0n) is 12.8. The van der Waals surface area contributed by atoms with E-state index in [1.54, 1.807) is 6.07 Å². The second-order valence-corrected chi connectivity index (χ2v) is 4.88. The topological polar surface area (TPSA) is 111 Å². The number of hydrogen-bond acceptors (Lipinski definition) is 6. The molecule has 0 fully saturated rings. The fourth-order valence-electron chi connectivity index (χ4n) is 2.16. The summed E-state index contributed by atoms with van der Waals surface area (Å²) in [6.45, 7) is 0. The predicted molar refractivity (Wildman–Crippen MR) is 84.3 cm³/mol. The standard InChI is InChI=1S/C16H15N3O5/c1-24-16(21)13(18-15(20)11-6-8-17-9-7-11)10-12-4-2-3-5-14(12)19(22)23/h2-9,13H,10H2,1H3,(H,18,20)/t13-/m0/s1. The molecule has 2 rings (SSSR count). The highest BCUT2D eigenvalue weighted by atomic mass is 16.6. The first kappa shape index (κ1) is 17.1. The van der Waals surface area contributed by atoms with Crippen LogP contribution in [0.15, 0.2) is 48.8 Å². The van der Waals surface area contributed by atoms with Crippen molar-refractivity contribution in [1.82, 2.24) is 10.3 Å². The van der Waals surface area contributed by atoms with Gasteiger partial charge >= 0.3 is 5.97 Å². The van der Waals surface area contributed by atoms with Crippen molar-refractivity contribution >= 4 is 17.6 Å². The number of nitro benzene ring substituents is 1. The van der Waals surface area contributed by atoms with E-state index >= 15 is 0 Å². The molecule has 0 radical (unpaired) electrons. The zero-order valence-corrected chi connectivity index (χ0v) is 12.8. The van der Waals surface area contributed by atoms with E-state index in [4.69, 9.17) is 0 Å². The number of amides is 1. The maximum absolute atomic E-state index is 12.2. The lowest BCUT2D eigenvalue weighted by atomic mass is 10.0. The van der Waals surface area contributed by atoms with Crippen LogP contribution in [0.4, 0.5) is 5.69 Å². The molecule has 0 unspecified atom stereocenters. The van der Waals surface area contributed by atoms with Gasteiger partial charge in [0.2, 0.25) is 0 Å². The van der Waals surface area contributed by atoms with Crippen molar-refractivity contribution in [3.05, 3.63) is 70.0 Å². The molecule has 1 N–H and O–H groups in total. The summed E-state index contributed by atoms with van der Waals surface area (Å²) in [6, 6.07) is 7.98. The molecule has 2 aromatic rings. The van der Waals surface area contributed by atoms with Crippen LogP contribution in [-0.4, -0.2) is 34.9 Å². The SMILES string of the molecule is COC(=O)[C@H](Cc1ccccc1[N+](=O)[O-])NC(=O)c1ccncc1. The van der Waals surface area contributed by atoms with E-state index in [1.807, 2.05) is 0 Å². The van der Waals surface area contributed by atoms with Crippen LogP contribution in [0.5, 0.6) is 0 Å². The van der Waals surface area contributed by atoms with Crippen molar-refractivity contribution in [3.8, 4) is 0 Å². The summed E-state index contributed by atoms with van der Waals surface area (Å²) in [6.07, 6.45) is 2.84. The summed E-state index contributed by atoms with van der Waals surface area (Å²) in [5.74, 6) is -1.18. The predicted octanol–water partition coefficient (Wildman–Crippen LogP) is 1.50. The summed E-state index contributed by atoms with van der Waals surface area (Å²) in [4.78, 5) is 38.5. The number of nitrogens with zero attached hydrogens (tertiary/aromatic N) is 2. The second-order valence-electron chi connectivity index (χ2n) is 4.88. The van der Waals surface area contributed by atoms with Gasteiger partial charge in [-0.2, -0.15) is 0 Å². The number of para-hydroxylation sites is 1. The maximum atomic E-state index is 12.2. The van der Waals surface area contributed by atoms with Gasteiger partial charge in [0.05, 0.1) is 12.0 Å². The number of carbonyl (C=O) groups excluding carboxylic acids is 2. The highest BCUT2D eigenvalue weighted by molar-refractivity contribution is 5.96. The smallest absolute Gasteiger partial charge is 0.328 e. The van der Waals surface area contributed by atoms with E-state index < -0.39 is 22.8 Å². The fourth-order valence-corrected chi connectivity index (χ4v) is 2.16. The molecule has 1 atom stereocenters. The first-order chi connectivity index (χ1) is 11.5. The molecule has 1 heterocycles. The Morgan fingerprint density at radius 3 is 2.54 bits per heavy atom. The Bertz CT molecular complexity index is 748. The van der Waals surface area contributed by atoms with Crippen molar-refractivity contribution in [2.45, 2.75) is 12.5 Å². The third kappa shape index (κ3) is 4.13. The number of rotatable bonds is 6. The molecule has 1 aromatic carbocycles. The van der Waals surface area contributed by atoms with Crippen LogP contribution in [0, 0.1) is 10.1 Å². The molecule has 0 aliphatic carbocycles. The first-order valence-electron chi connectivity index (χ1n) is 7.04. The third-order valence-electron chi connectivity index (χ3n) is 3.35. The van der Waals surface area contributed by atoms with Crippen molar-refractivity contribution in [2.75, 3.05) is 7.11 Å². The van der Waals surface area contributed by atoms with Crippen molar-refractivity contribution in [2.24, 2.45) is 0 Å². The molecular weight excluding hydrogens is 314 g/mol. The minimum Gasteiger partial charge on any atom is -0.467 e. The summed E-state index contributed by atoms with van der Waals surface area (Å²) >= 11 is 0. The Morgan fingerprint density at radius 2 is 1.92 bits per heavy atom. The molecule has 0 aliphatic rings. The van der Waals surface area contributed by atoms with Crippen molar-refractivity contribution < 1.29 is 19.2 Å². The van der Waals surface area contributed by atoms with E-state index in [0.717, 1.165) is 0 Å². The quantitative estimate of drug-likeness (QED) is 0.488. The molecule has 8 nitrogen and oxygen atoms in total. The second kappa shape index (κ2) is 7.82. The molecule has 0 saturated carbocycles. The van der Waals surface area contributed by atoms with Crippen LogP contribution in [0.25, 0.3) is 0 Å². The van der Waals surface area contributed by atoms with Crippen LogP contribution >= 0.6 is 0 Å². The van der Waals surface area contributed by atoms with Crippen LogP contribution < -0.4 is 5.32 Å². The fraction of sp³-hybridized carbons (Fsp3) is 0.188. The first-order valence-corrected chi connectivity index (χ1v) is 7.04. The number of methoxy groups -OCH3 is 1. The number of benzene rings is 1. The number of nitrogens with one attached hydrogen (secondary N) is 1. The summed E-state index contributed by atoms with van der Waals surface area (Å²) in [5, 5.41) is 13.6. The highest BCUT2D eigenvalue weighted by Gasteiger charge is 2.25. The third-order valence-corrected chi connectivity index (χ3v) is 3.35. The molecular formula is C16H15N3O5. The molecule has 0 bridgehead atoms. The lowest BCUT2D eigenvalue weighted by molar-refractivity contribution is -0.385. The van der Waals surface area contributed by atoms with E-state index in [-0.39, 0.29) is 12.1 Å². The minimum absolute atomic E-state index is 0.0549. The number of hydrogen-bond donors (Lipinski definition) is 1. The van der Waals surface area contributed by atoms with Gasteiger partial charge in [-0.3, -0.25) is 19.9 Å². The largest absolute Gasteiger partial charge is 0.467 e. The molecule has 0 spiro atoms. The van der Waals surface area contributed by atoms with Gasteiger partial charge in [0.1, 0.15) is 6.04 Å². The van der Waals surface area contributed by atoms with Gasteiger partial charge in [0, 0.05) is 36.0 Å². The Kier molecular flexibility index (Phi) is 5.56. The monoisotopic (exact) mass is 329 g/mol. The summed E-state index contributed by atoms with van der Waals surface area (Å²) < 4.78 is 4.69. The zero-order chi connectivity index (χ0) is 17.5. The van der Waals surface area contributed by atoms with Gasteiger partial charge in [-0.05, 0) is 12.1 Å². The molecule has 0 aliphatic heterocycles. The molecule has 24 heavy (non-hydrogen) atoms. The average molecular weight is 329 g/mol. The lowest BCUT2D eigenvalue weighted by Gasteiger charge is -2.16. The van der Waals surface area contributed by atoms with Crippen LogP contribution in [0.1, 0.15) is 15.9 Å². The number of esters is 1. The Labute approximate surface area is 137 Å². The van der Waals surface area contributed by atoms with Gasteiger partial charge in [-0.1, -0.05) is 18.2 Å². The summed E-state index contributed by atoms with van der Waals surface area (Å²) in [7, 11) is 1.19. The molecule has 1 aromatic heterocycles. The molecule has 8 heteroatoms. The number of nitro groups is 1. The van der Waals surface area contributed by atoms with Gasteiger partial charge in [-0.15, -0.1) is 0 Å². The Morgan fingerprint density at radius 1 is 1.25 bits per heavy atom. The molecule has 1 amide bonds. The summed E-state index contributed by atoms with van der Waals surface area (Å²) in [5.41, 5.74) is 0.527. The van der Waals surface area contributed by atoms with Crippen molar-refractivity contribution in [3.63, 3.8) is 0 Å². The van der Waals surface area contributed by atoms with E-state index in [1.165, 1.54) is 49.8 Å². The van der Waals surface area contributed by atoms with E-state index in [2.05, 4.69) is 15.0 Å². The van der Waals surface area contributed by atoms with Gasteiger partial charge in [0.25, 0.3) is 11.6 Å². The molecule has 0 saturated heterocycles. The number of carbonyl (C=O) groups is 2. The van der Waals surface area contributed by atoms with Crippen LogP contribution in [-0.2, 0) is 16.0 Å². The average Bonchev–Trinajstić information content (AvgIpc) is 2.61. The van der Waals surface area contributed by atoms with Crippen LogP contribution in [0.3, 0.4) is 0 Å². The Balaban J connectivity index is 2.22. The number of aromatic nitrogens is 1. The number of ether oxygens (including phenoxy) is 1. The Hall–Kier alpha value is -3.29. The van der Waals surface area contributed by atoms with Crippen molar-refractivity contribution in [1.29, 1.82) is 0 Å². The van der Waals surface area contributed by atoms with Gasteiger partial charge in [0.15, 0.2) is 0 Å². The minimum atomic E-state index is -1.04. The highest BCUT2D eigenvalue weighted by Crippen LogP contribution is 2.19. The lowest BCUT2D eigenvalue weighted by Crippen LogP contribution is -2.43. The van der Waals surface area contributed by atoms with E-state index in [9.17, 15) is 19.7 Å². The number of pyridine rings is 1. The van der Waals surface area contributed by atoms with E-state index in [0.29, 0.717) is 11.1 Å². The van der Waals surface area contributed by atoms with Gasteiger partial charge in [-0.25, -0.2) is 4.79 Å². The normalized spacial score (nSPS) is 11.4. The van der Waals surface area contributed by atoms with Gasteiger partial charge < -0.3 is 10.1 Å². The van der Waals surface area contributed by atoms with Crippen LogP contribution in [0.2, 0.25) is 0 Å².